The molecule has 8 nitrogen and oxygen atoms in total. The van der Waals surface area contributed by atoms with Gasteiger partial charge in [-0.1, -0.05) is 12.1 Å². The number of sulfonamides is 1. The molecule has 0 aliphatic carbocycles. The maximum Gasteiger partial charge on any atom is 0.248 e. The number of hydrogen-bond donors (Lipinski definition) is 1. The fourth-order valence-corrected chi connectivity index (χ4v) is 5.13. The molecule has 1 atom stereocenters. The lowest BCUT2D eigenvalue weighted by molar-refractivity contribution is -0.126. The number of piperidine rings is 1. The summed E-state index contributed by atoms with van der Waals surface area (Å²) < 4.78 is 32.2. The molecule has 2 heterocycles. The van der Waals surface area contributed by atoms with E-state index in [2.05, 4.69) is 10.5 Å². The first-order valence-electron chi connectivity index (χ1n) is 9.00. The van der Waals surface area contributed by atoms with E-state index in [9.17, 15) is 13.2 Å². The van der Waals surface area contributed by atoms with Gasteiger partial charge in [0.05, 0.1) is 0 Å². The van der Waals surface area contributed by atoms with Crippen LogP contribution in [-0.2, 0) is 14.8 Å². The Morgan fingerprint density at radius 3 is 2.46 bits per heavy atom. The molecule has 0 unspecified atom stereocenters. The third kappa shape index (κ3) is 4.63. The molecule has 26 heavy (non-hydrogen) atoms. The molecule has 2 rings (SSSR count). The molecule has 9 heteroatoms. The predicted molar refractivity (Wildman–Crippen MR) is 98.2 cm³/mol. The lowest BCUT2D eigenvalue weighted by atomic mass is 9.85. The molecule has 0 bridgehead atoms. The molecule has 0 saturated carbocycles. The van der Waals surface area contributed by atoms with Crippen LogP contribution in [0.25, 0.3) is 0 Å². The van der Waals surface area contributed by atoms with Crippen LogP contribution in [0.1, 0.15) is 31.2 Å². The largest absolute Gasteiger partial charge is 0.360 e. The van der Waals surface area contributed by atoms with E-state index in [0.29, 0.717) is 43.9 Å². The zero-order chi connectivity index (χ0) is 19.5. The van der Waals surface area contributed by atoms with Crippen molar-refractivity contribution in [1.82, 2.24) is 19.7 Å². The number of aromatic nitrogens is 1. The molecule has 1 amide bonds. The maximum absolute atomic E-state index is 12.8. The van der Waals surface area contributed by atoms with Crippen molar-refractivity contribution in [1.29, 1.82) is 0 Å². The van der Waals surface area contributed by atoms with Gasteiger partial charge in [0, 0.05) is 32.1 Å². The number of nitrogens with zero attached hydrogens (tertiary/aromatic N) is 3. The maximum atomic E-state index is 12.8. The van der Waals surface area contributed by atoms with E-state index in [0.717, 1.165) is 6.54 Å². The van der Waals surface area contributed by atoms with Gasteiger partial charge in [0.25, 0.3) is 0 Å². The van der Waals surface area contributed by atoms with Gasteiger partial charge < -0.3 is 14.7 Å². The molecule has 148 valence electrons. The standard InChI is InChI=1S/C17H30N4O4S/c1-12(17(22)18-8-11-20(4)5)15-6-9-21(10-7-15)26(23,24)16-13(2)19-25-14(16)3/h12,15H,6-11H2,1-5H3,(H,18,22)/t12-/m0/s1. The smallest absolute Gasteiger partial charge is 0.248 e. The minimum atomic E-state index is -3.60. The lowest BCUT2D eigenvalue weighted by Crippen LogP contribution is -2.43. The van der Waals surface area contributed by atoms with Gasteiger partial charge in [0.1, 0.15) is 10.6 Å². The van der Waals surface area contributed by atoms with Crippen LogP contribution < -0.4 is 5.32 Å². The van der Waals surface area contributed by atoms with Crippen molar-refractivity contribution >= 4 is 15.9 Å². The van der Waals surface area contributed by atoms with Gasteiger partial charge in [-0.25, -0.2) is 8.42 Å². The van der Waals surface area contributed by atoms with Gasteiger partial charge >= 0.3 is 0 Å². The van der Waals surface area contributed by atoms with Gasteiger partial charge in [-0.3, -0.25) is 4.79 Å². The summed E-state index contributed by atoms with van der Waals surface area (Å²) in [4.78, 5) is 14.5. The van der Waals surface area contributed by atoms with Crippen molar-refractivity contribution < 1.29 is 17.7 Å². The molecule has 0 aromatic carbocycles. The van der Waals surface area contributed by atoms with E-state index < -0.39 is 10.0 Å². The first-order chi connectivity index (χ1) is 12.1. The molecule has 0 spiro atoms. The van der Waals surface area contributed by atoms with Gasteiger partial charge in [-0.15, -0.1) is 0 Å². The topological polar surface area (TPSA) is 95.8 Å². The lowest BCUT2D eigenvalue weighted by Gasteiger charge is -2.33. The van der Waals surface area contributed by atoms with Crippen LogP contribution in [0.15, 0.2) is 9.42 Å². The van der Waals surface area contributed by atoms with Gasteiger partial charge in [0.15, 0.2) is 5.76 Å². The summed E-state index contributed by atoms with van der Waals surface area (Å²) >= 11 is 0. The second-order valence-electron chi connectivity index (χ2n) is 7.28. The minimum absolute atomic E-state index is 0.0406. The molecule has 1 aliphatic rings. The SMILES string of the molecule is Cc1noc(C)c1S(=O)(=O)N1CCC([C@H](C)C(=O)NCCN(C)C)CC1. The summed E-state index contributed by atoms with van der Waals surface area (Å²) in [6.07, 6.45) is 1.34. The molecule has 1 aromatic rings. The van der Waals surface area contributed by atoms with E-state index in [4.69, 9.17) is 4.52 Å². The van der Waals surface area contributed by atoms with Crippen LogP contribution in [0.3, 0.4) is 0 Å². The van der Waals surface area contributed by atoms with E-state index >= 15 is 0 Å². The number of nitrogens with one attached hydrogen (secondary N) is 1. The van der Waals surface area contributed by atoms with Crippen molar-refractivity contribution in [2.45, 2.75) is 38.5 Å². The Bertz CT molecular complexity index is 702. The average molecular weight is 387 g/mol. The first kappa shape index (κ1) is 20.9. The third-order valence-electron chi connectivity index (χ3n) is 5.04. The van der Waals surface area contributed by atoms with Crippen molar-refractivity contribution in [2.24, 2.45) is 11.8 Å². The number of hydrogen-bond acceptors (Lipinski definition) is 6. The molecular formula is C17H30N4O4S. The molecule has 1 N–H and O–H groups in total. The fourth-order valence-electron chi connectivity index (χ4n) is 3.37. The van der Waals surface area contributed by atoms with Crippen LogP contribution >= 0.6 is 0 Å². The molecule has 1 aliphatic heterocycles. The van der Waals surface area contributed by atoms with Crippen LogP contribution in [0.4, 0.5) is 0 Å². The van der Waals surface area contributed by atoms with Crippen LogP contribution in [0.2, 0.25) is 0 Å². The Kier molecular flexibility index (Phi) is 6.81. The number of amides is 1. The Labute approximate surface area is 155 Å². The Morgan fingerprint density at radius 2 is 1.96 bits per heavy atom. The predicted octanol–water partition coefficient (Wildman–Crippen LogP) is 1.01. The summed E-state index contributed by atoms with van der Waals surface area (Å²) in [5, 5.41) is 6.70. The highest BCUT2D eigenvalue weighted by Gasteiger charge is 2.36. The molecular weight excluding hydrogens is 356 g/mol. The Hall–Kier alpha value is -1.45. The number of carbonyl (C=O) groups is 1. The highest BCUT2D eigenvalue weighted by Crippen LogP contribution is 2.30. The van der Waals surface area contributed by atoms with Crippen molar-refractivity contribution in [2.75, 3.05) is 40.3 Å². The van der Waals surface area contributed by atoms with Crippen molar-refractivity contribution in [3.05, 3.63) is 11.5 Å². The minimum Gasteiger partial charge on any atom is -0.360 e. The van der Waals surface area contributed by atoms with E-state index in [-0.39, 0.29) is 22.6 Å². The zero-order valence-corrected chi connectivity index (χ0v) is 17.1. The van der Waals surface area contributed by atoms with Gasteiger partial charge in [-0.05, 0) is 46.7 Å². The second-order valence-corrected chi connectivity index (χ2v) is 9.15. The molecule has 1 saturated heterocycles. The van der Waals surface area contributed by atoms with E-state index in [1.165, 1.54) is 4.31 Å². The van der Waals surface area contributed by atoms with Crippen LogP contribution in [0.5, 0.6) is 0 Å². The molecule has 0 radical (unpaired) electrons. The Balaban J connectivity index is 1.93. The summed E-state index contributed by atoms with van der Waals surface area (Å²) in [6.45, 7) is 7.41. The average Bonchev–Trinajstić information content (AvgIpc) is 2.93. The summed E-state index contributed by atoms with van der Waals surface area (Å²) in [5.74, 6) is 0.420. The third-order valence-corrected chi connectivity index (χ3v) is 7.19. The van der Waals surface area contributed by atoms with Gasteiger partial charge in [-0.2, -0.15) is 4.31 Å². The summed E-state index contributed by atoms with van der Waals surface area (Å²) in [7, 11) is 0.324. The molecule has 1 fully saturated rings. The highest BCUT2D eigenvalue weighted by molar-refractivity contribution is 7.89. The fraction of sp³-hybridized carbons (Fsp3) is 0.765. The number of rotatable bonds is 7. The van der Waals surface area contributed by atoms with Crippen LogP contribution in [0, 0.1) is 25.7 Å². The summed E-state index contributed by atoms with van der Waals surface area (Å²) in [5.41, 5.74) is 0.387. The van der Waals surface area contributed by atoms with E-state index in [1.807, 2.05) is 25.9 Å². The van der Waals surface area contributed by atoms with Crippen molar-refractivity contribution in [3.63, 3.8) is 0 Å². The number of carbonyl (C=O) groups excluding carboxylic acids is 1. The first-order valence-corrected chi connectivity index (χ1v) is 10.4. The van der Waals surface area contributed by atoms with E-state index in [1.54, 1.807) is 13.8 Å². The number of aryl methyl sites for hydroxylation is 2. The summed E-state index contributed by atoms with van der Waals surface area (Å²) in [6, 6.07) is 0. The normalized spacial score (nSPS) is 18.2. The number of likely N-dealkylation sites (N-methyl/N-ethyl adjacent to an activating group) is 1. The van der Waals surface area contributed by atoms with Crippen molar-refractivity contribution in [3.8, 4) is 0 Å². The Morgan fingerprint density at radius 1 is 1.35 bits per heavy atom. The zero-order valence-electron chi connectivity index (χ0n) is 16.3. The second kappa shape index (κ2) is 8.49. The van der Waals surface area contributed by atoms with Gasteiger partial charge in [0.2, 0.25) is 15.9 Å². The highest BCUT2D eigenvalue weighted by atomic mass is 32.2. The molecule has 1 aromatic heterocycles. The monoisotopic (exact) mass is 386 g/mol. The quantitative estimate of drug-likeness (QED) is 0.751. The van der Waals surface area contributed by atoms with Crippen LogP contribution in [-0.4, -0.2) is 69.0 Å².